The van der Waals surface area contributed by atoms with E-state index in [9.17, 15) is 5.11 Å². The van der Waals surface area contributed by atoms with Crippen LogP contribution in [-0.2, 0) is 24.2 Å². The molecule has 0 saturated heterocycles. The van der Waals surface area contributed by atoms with Crippen LogP contribution < -0.4 is 9.64 Å². The standard InChI is InChI=1S/C21H25N5O3/c1-28-12-11-26-21(22-23-24-26)20(16-7-8-18(27)19(13-16)29-2)25-10-9-15-5-3-4-6-17(15)14-25/h3-8,13,20,27H,9-12,14H2,1-2H3/p+1/t20-/m0/s1. The Balaban J connectivity index is 1.75. The Morgan fingerprint density at radius 3 is 2.79 bits per heavy atom. The zero-order valence-electron chi connectivity index (χ0n) is 16.7. The first-order valence-electron chi connectivity index (χ1n) is 9.74. The molecule has 1 aliphatic heterocycles. The number of quaternary nitrogens is 1. The minimum Gasteiger partial charge on any atom is -0.504 e. The van der Waals surface area contributed by atoms with Crippen LogP contribution in [0.25, 0.3) is 0 Å². The number of nitrogens with one attached hydrogen (secondary N) is 1. The summed E-state index contributed by atoms with van der Waals surface area (Å²) >= 11 is 0. The number of phenolic OH excluding ortho intramolecular Hbond substituents is 1. The molecule has 2 atom stereocenters. The molecule has 3 aromatic rings. The van der Waals surface area contributed by atoms with E-state index in [0.29, 0.717) is 18.9 Å². The van der Waals surface area contributed by atoms with Crippen molar-refractivity contribution in [3.8, 4) is 11.5 Å². The van der Waals surface area contributed by atoms with E-state index in [4.69, 9.17) is 9.47 Å². The molecule has 0 spiro atoms. The van der Waals surface area contributed by atoms with Crippen LogP contribution in [-0.4, -0.2) is 52.7 Å². The zero-order chi connectivity index (χ0) is 20.2. The quantitative estimate of drug-likeness (QED) is 0.613. The van der Waals surface area contributed by atoms with Crippen LogP contribution in [0.1, 0.15) is 28.6 Å². The van der Waals surface area contributed by atoms with E-state index in [1.165, 1.54) is 16.0 Å². The van der Waals surface area contributed by atoms with Gasteiger partial charge in [0.25, 0.3) is 0 Å². The van der Waals surface area contributed by atoms with E-state index in [1.807, 2.05) is 12.1 Å². The van der Waals surface area contributed by atoms with E-state index in [-0.39, 0.29) is 11.8 Å². The lowest BCUT2D eigenvalue weighted by Crippen LogP contribution is -3.12. The molecule has 8 heteroatoms. The molecule has 0 aliphatic carbocycles. The van der Waals surface area contributed by atoms with E-state index in [2.05, 4.69) is 39.8 Å². The van der Waals surface area contributed by atoms with Crippen molar-refractivity contribution in [2.75, 3.05) is 27.4 Å². The van der Waals surface area contributed by atoms with Crippen LogP contribution in [0.4, 0.5) is 0 Å². The number of nitrogens with zero attached hydrogens (tertiary/aromatic N) is 4. The summed E-state index contributed by atoms with van der Waals surface area (Å²) in [6.45, 7) is 2.94. The van der Waals surface area contributed by atoms with Crippen LogP contribution in [0.15, 0.2) is 42.5 Å². The van der Waals surface area contributed by atoms with Crippen molar-refractivity contribution in [3.05, 3.63) is 65.0 Å². The Morgan fingerprint density at radius 2 is 2.00 bits per heavy atom. The van der Waals surface area contributed by atoms with Crippen molar-refractivity contribution >= 4 is 0 Å². The molecule has 0 radical (unpaired) electrons. The average molecular weight is 396 g/mol. The van der Waals surface area contributed by atoms with Gasteiger partial charge < -0.3 is 19.5 Å². The molecule has 8 nitrogen and oxygen atoms in total. The molecule has 0 amide bonds. The van der Waals surface area contributed by atoms with Crippen molar-refractivity contribution in [3.63, 3.8) is 0 Å². The predicted molar refractivity (Wildman–Crippen MR) is 106 cm³/mol. The van der Waals surface area contributed by atoms with Gasteiger partial charge in [-0.05, 0) is 34.2 Å². The topological polar surface area (TPSA) is 86.7 Å². The maximum Gasteiger partial charge on any atom is 0.214 e. The lowest BCUT2D eigenvalue weighted by Gasteiger charge is -2.32. The normalized spacial score (nSPS) is 17.0. The van der Waals surface area contributed by atoms with Crippen LogP contribution in [0, 0.1) is 0 Å². The van der Waals surface area contributed by atoms with Gasteiger partial charge in [0.05, 0.1) is 26.8 Å². The summed E-state index contributed by atoms with van der Waals surface area (Å²) in [7, 11) is 3.22. The zero-order valence-corrected chi connectivity index (χ0v) is 16.7. The van der Waals surface area contributed by atoms with Crippen molar-refractivity contribution in [2.24, 2.45) is 0 Å². The van der Waals surface area contributed by atoms with Crippen molar-refractivity contribution in [2.45, 2.75) is 25.6 Å². The maximum absolute atomic E-state index is 10.1. The molecule has 0 saturated carbocycles. The lowest BCUT2D eigenvalue weighted by atomic mass is 9.96. The molecule has 29 heavy (non-hydrogen) atoms. The number of phenols is 1. The van der Waals surface area contributed by atoms with Gasteiger partial charge in [-0.25, -0.2) is 4.68 Å². The Hall–Kier alpha value is -2.97. The highest BCUT2D eigenvalue weighted by atomic mass is 16.5. The van der Waals surface area contributed by atoms with Crippen LogP contribution >= 0.6 is 0 Å². The van der Waals surface area contributed by atoms with Crippen LogP contribution in [0.2, 0.25) is 0 Å². The Bertz CT molecular complexity index is 974. The average Bonchev–Trinajstić information content (AvgIpc) is 3.21. The SMILES string of the molecule is COCCn1nnnc1[C@H](c1ccc(O)c(OC)c1)[NH+]1CCc2ccccc2C1. The van der Waals surface area contributed by atoms with Gasteiger partial charge >= 0.3 is 0 Å². The lowest BCUT2D eigenvalue weighted by molar-refractivity contribution is -0.941. The molecule has 0 bridgehead atoms. The summed E-state index contributed by atoms with van der Waals surface area (Å²) in [5.74, 6) is 1.34. The number of ether oxygens (including phenoxy) is 2. The molecule has 1 unspecified atom stereocenters. The molecule has 2 aromatic carbocycles. The molecule has 1 aliphatic rings. The third-order valence-corrected chi connectivity index (χ3v) is 5.52. The number of aromatic hydroxyl groups is 1. The summed E-state index contributed by atoms with van der Waals surface area (Å²) in [5, 5.41) is 22.6. The highest BCUT2D eigenvalue weighted by Gasteiger charge is 2.34. The van der Waals surface area contributed by atoms with Gasteiger partial charge in [-0.1, -0.05) is 24.3 Å². The van der Waals surface area contributed by atoms with Gasteiger partial charge in [-0.15, -0.1) is 5.10 Å². The molecular weight excluding hydrogens is 370 g/mol. The number of hydrogen-bond donors (Lipinski definition) is 2. The minimum absolute atomic E-state index is 0.0929. The molecular formula is C21H26N5O3+. The molecule has 2 N–H and O–H groups in total. The second-order valence-electron chi connectivity index (χ2n) is 7.22. The monoisotopic (exact) mass is 396 g/mol. The van der Waals surface area contributed by atoms with E-state index < -0.39 is 0 Å². The summed E-state index contributed by atoms with van der Waals surface area (Å²) in [6.07, 6.45) is 0.997. The number of aromatic nitrogens is 4. The molecule has 1 aromatic heterocycles. The number of fused-ring (bicyclic) bond motifs is 1. The van der Waals surface area contributed by atoms with Gasteiger partial charge in [0, 0.05) is 24.7 Å². The second-order valence-corrected chi connectivity index (χ2v) is 7.22. The first-order chi connectivity index (χ1) is 14.2. The third kappa shape index (κ3) is 3.94. The van der Waals surface area contributed by atoms with Crippen molar-refractivity contribution < 1.29 is 19.5 Å². The number of rotatable bonds is 7. The molecule has 4 rings (SSSR count). The summed E-state index contributed by atoms with van der Waals surface area (Å²) in [4.78, 5) is 1.35. The number of hydrogen-bond acceptors (Lipinski definition) is 6. The fourth-order valence-corrected chi connectivity index (χ4v) is 4.04. The van der Waals surface area contributed by atoms with E-state index in [0.717, 1.165) is 30.9 Å². The summed E-state index contributed by atoms with van der Waals surface area (Å²) in [6, 6.07) is 13.9. The first-order valence-corrected chi connectivity index (χ1v) is 9.74. The maximum atomic E-state index is 10.1. The predicted octanol–water partition coefficient (Wildman–Crippen LogP) is 0.764. The van der Waals surface area contributed by atoms with Gasteiger partial charge in [0.1, 0.15) is 6.54 Å². The fraction of sp³-hybridized carbons (Fsp3) is 0.381. The van der Waals surface area contributed by atoms with Gasteiger partial charge in [-0.3, -0.25) is 0 Å². The Morgan fingerprint density at radius 1 is 1.17 bits per heavy atom. The number of tetrazole rings is 1. The van der Waals surface area contributed by atoms with Gasteiger partial charge in [0.2, 0.25) is 5.82 Å². The van der Waals surface area contributed by atoms with Crippen LogP contribution in [0.3, 0.4) is 0 Å². The second kappa shape index (κ2) is 8.59. The minimum atomic E-state index is -0.0929. The van der Waals surface area contributed by atoms with Gasteiger partial charge in [0.15, 0.2) is 17.5 Å². The molecule has 152 valence electrons. The van der Waals surface area contributed by atoms with Gasteiger partial charge in [-0.2, -0.15) is 0 Å². The van der Waals surface area contributed by atoms with Crippen LogP contribution in [0.5, 0.6) is 11.5 Å². The Labute approximate surface area is 169 Å². The van der Waals surface area contributed by atoms with Crippen molar-refractivity contribution in [1.29, 1.82) is 0 Å². The molecule has 0 fully saturated rings. The van der Waals surface area contributed by atoms with E-state index in [1.54, 1.807) is 25.0 Å². The number of benzene rings is 2. The summed E-state index contributed by atoms with van der Waals surface area (Å²) < 4.78 is 12.4. The smallest absolute Gasteiger partial charge is 0.214 e. The first kappa shape index (κ1) is 19.4. The Kier molecular flexibility index (Phi) is 5.73. The van der Waals surface area contributed by atoms with E-state index >= 15 is 0 Å². The summed E-state index contributed by atoms with van der Waals surface area (Å²) in [5.41, 5.74) is 3.75. The molecule has 2 heterocycles. The largest absolute Gasteiger partial charge is 0.504 e. The third-order valence-electron chi connectivity index (χ3n) is 5.52. The highest BCUT2D eigenvalue weighted by Crippen LogP contribution is 2.30. The fourth-order valence-electron chi connectivity index (χ4n) is 4.04. The number of methoxy groups -OCH3 is 2. The highest BCUT2D eigenvalue weighted by molar-refractivity contribution is 5.43. The van der Waals surface area contributed by atoms with Crippen molar-refractivity contribution in [1.82, 2.24) is 20.2 Å².